The molecule has 3 aromatic rings. The Labute approximate surface area is 174 Å². The Kier molecular flexibility index (Phi) is 7.13. The molecule has 0 aliphatic rings. The molecule has 3 rings (SSSR count). The van der Waals surface area contributed by atoms with Crippen LogP contribution >= 0.6 is 11.8 Å². The number of nitrogens with zero attached hydrogens (tertiary/aromatic N) is 3. The number of aromatic nitrogens is 2. The second kappa shape index (κ2) is 9.97. The molecule has 1 amide bonds. The number of ether oxygens (including phenoxy) is 2. The normalized spacial score (nSPS) is 11.1. The molecule has 0 unspecified atom stereocenters. The van der Waals surface area contributed by atoms with Crippen molar-refractivity contribution in [2.75, 3.05) is 19.0 Å². The highest BCUT2D eigenvalue weighted by molar-refractivity contribution is 7.99. The number of amides is 1. The quantitative estimate of drug-likeness (QED) is 0.330. The van der Waals surface area contributed by atoms with Crippen LogP contribution in [0.3, 0.4) is 0 Å². The van der Waals surface area contributed by atoms with E-state index in [0.29, 0.717) is 24.7 Å². The van der Waals surface area contributed by atoms with E-state index in [1.165, 1.54) is 11.8 Å². The standard InChI is InChI=1S/C21H24N4O3S/c1-4-27-18-11-10-15(12-19(18)28-5-2)13-22-24-20(26)14-29-21-23-16-8-6-7-9-17(16)25(21)3/h6-13H,4-5,14H2,1-3H3,(H,24,26)/b22-13-. The Balaban J connectivity index is 1.56. The predicted molar refractivity (Wildman–Crippen MR) is 116 cm³/mol. The summed E-state index contributed by atoms with van der Waals surface area (Å²) < 4.78 is 13.1. The lowest BCUT2D eigenvalue weighted by atomic mass is 10.2. The highest BCUT2D eigenvalue weighted by Gasteiger charge is 2.10. The van der Waals surface area contributed by atoms with Crippen LogP contribution in [0.4, 0.5) is 0 Å². The van der Waals surface area contributed by atoms with Gasteiger partial charge in [0.25, 0.3) is 5.91 Å². The summed E-state index contributed by atoms with van der Waals surface area (Å²) in [7, 11) is 1.94. The Bertz CT molecular complexity index is 1020. The fourth-order valence-electron chi connectivity index (χ4n) is 2.74. The Hall–Kier alpha value is -3.00. The molecule has 0 saturated heterocycles. The number of carbonyl (C=O) groups excluding carboxylic acids is 1. The molecule has 2 aromatic carbocycles. The molecular weight excluding hydrogens is 388 g/mol. The van der Waals surface area contributed by atoms with Gasteiger partial charge in [-0.05, 0) is 49.7 Å². The van der Waals surface area contributed by atoms with Crippen LogP contribution in [0.25, 0.3) is 11.0 Å². The lowest BCUT2D eigenvalue weighted by Crippen LogP contribution is -2.19. The van der Waals surface area contributed by atoms with Gasteiger partial charge < -0.3 is 14.0 Å². The summed E-state index contributed by atoms with van der Waals surface area (Å²) in [5.74, 6) is 1.37. The fourth-order valence-corrected chi connectivity index (χ4v) is 3.52. The highest BCUT2D eigenvalue weighted by atomic mass is 32.2. The van der Waals surface area contributed by atoms with Crippen molar-refractivity contribution in [3.63, 3.8) is 0 Å². The minimum Gasteiger partial charge on any atom is -0.490 e. The van der Waals surface area contributed by atoms with Crippen molar-refractivity contribution in [1.82, 2.24) is 15.0 Å². The molecule has 0 spiro atoms. The number of para-hydroxylation sites is 2. The third-order valence-electron chi connectivity index (χ3n) is 4.05. The number of thioether (sulfide) groups is 1. The van der Waals surface area contributed by atoms with Gasteiger partial charge in [-0.15, -0.1) is 0 Å². The van der Waals surface area contributed by atoms with Crippen LogP contribution in [0.2, 0.25) is 0 Å². The number of aryl methyl sites for hydroxylation is 1. The maximum atomic E-state index is 12.1. The molecule has 1 aromatic heterocycles. The van der Waals surface area contributed by atoms with E-state index in [9.17, 15) is 4.79 Å². The van der Waals surface area contributed by atoms with Crippen molar-refractivity contribution in [2.24, 2.45) is 12.1 Å². The molecule has 0 atom stereocenters. The van der Waals surface area contributed by atoms with Gasteiger partial charge in [-0.2, -0.15) is 5.10 Å². The number of rotatable bonds is 9. The molecule has 0 aliphatic carbocycles. The topological polar surface area (TPSA) is 77.7 Å². The van der Waals surface area contributed by atoms with Crippen molar-refractivity contribution in [3.05, 3.63) is 48.0 Å². The smallest absolute Gasteiger partial charge is 0.250 e. The summed E-state index contributed by atoms with van der Waals surface area (Å²) in [5, 5.41) is 4.82. The maximum absolute atomic E-state index is 12.1. The average Bonchev–Trinajstić information content (AvgIpc) is 3.04. The molecule has 7 nitrogen and oxygen atoms in total. The average molecular weight is 413 g/mol. The maximum Gasteiger partial charge on any atom is 0.250 e. The second-order valence-corrected chi connectivity index (χ2v) is 7.04. The van der Waals surface area contributed by atoms with Gasteiger partial charge in [-0.1, -0.05) is 23.9 Å². The highest BCUT2D eigenvalue weighted by Crippen LogP contribution is 2.28. The van der Waals surface area contributed by atoms with E-state index in [0.717, 1.165) is 21.8 Å². The minimum atomic E-state index is -0.200. The molecule has 0 bridgehead atoms. The van der Waals surface area contributed by atoms with Crippen LogP contribution in [0, 0.1) is 0 Å². The zero-order valence-corrected chi connectivity index (χ0v) is 17.5. The minimum absolute atomic E-state index is 0.200. The molecule has 0 saturated carbocycles. The van der Waals surface area contributed by atoms with Crippen LogP contribution in [-0.2, 0) is 11.8 Å². The third-order valence-corrected chi connectivity index (χ3v) is 5.08. The number of nitrogens with one attached hydrogen (secondary N) is 1. The largest absolute Gasteiger partial charge is 0.490 e. The van der Waals surface area contributed by atoms with Crippen LogP contribution < -0.4 is 14.9 Å². The van der Waals surface area contributed by atoms with Gasteiger partial charge in [-0.25, -0.2) is 10.4 Å². The zero-order valence-electron chi connectivity index (χ0n) is 16.7. The number of carbonyl (C=O) groups is 1. The monoisotopic (exact) mass is 412 g/mol. The predicted octanol–water partition coefficient (Wildman–Crippen LogP) is 3.61. The number of fused-ring (bicyclic) bond motifs is 1. The first-order valence-corrected chi connectivity index (χ1v) is 10.4. The summed E-state index contributed by atoms with van der Waals surface area (Å²) in [6.07, 6.45) is 1.58. The molecule has 0 radical (unpaired) electrons. The van der Waals surface area contributed by atoms with Crippen molar-refractivity contribution < 1.29 is 14.3 Å². The van der Waals surface area contributed by atoms with Crippen molar-refractivity contribution in [2.45, 2.75) is 19.0 Å². The molecule has 0 fully saturated rings. The van der Waals surface area contributed by atoms with E-state index < -0.39 is 0 Å². The molecule has 1 heterocycles. The molecule has 0 aliphatic heterocycles. The number of hydrogen-bond donors (Lipinski definition) is 1. The van der Waals surface area contributed by atoms with Gasteiger partial charge in [-0.3, -0.25) is 4.79 Å². The first kappa shape index (κ1) is 20.7. The van der Waals surface area contributed by atoms with Gasteiger partial charge in [0, 0.05) is 7.05 Å². The van der Waals surface area contributed by atoms with E-state index >= 15 is 0 Å². The van der Waals surface area contributed by atoms with Crippen LogP contribution in [0.5, 0.6) is 11.5 Å². The van der Waals surface area contributed by atoms with E-state index in [1.54, 1.807) is 6.21 Å². The number of hydrogen-bond acceptors (Lipinski definition) is 6. The first-order valence-electron chi connectivity index (χ1n) is 9.38. The van der Waals surface area contributed by atoms with E-state index in [1.807, 2.05) is 67.9 Å². The van der Waals surface area contributed by atoms with E-state index in [2.05, 4.69) is 15.5 Å². The van der Waals surface area contributed by atoms with Crippen LogP contribution in [0.1, 0.15) is 19.4 Å². The van der Waals surface area contributed by atoms with Gasteiger partial charge in [0.1, 0.15) is 0 Å². The number of hydrazone groups is 1. The van der Waals surface area contributed by atoms with Gasteiger partial charge in [0.15, 0.2) is 16.7 Å². The number of benzene rings is 2. The zero-order chi connectivity index (χ0) is 20.6. The summed E-state index contributed by atoms with van der Waals surface area (Å²) >= 11 is 1.37. The Morgan fingerprint density at radius 3 is 2.69 bits per heavy atom. The SMILES string of the molecule is CCOc1ccc(/C=N\NC(=O)CSc2nc3ccccc3n2C)cc1OCC. The summed E-state index contributed by atoms with van der Waals surface area (Å²) in [4.78, 5) is 16.7. The van der Waals surface area contributed by atoms with Crippen molar-refractivity contribution >= 4 is 34.9 Å². The summed E-state index contributed by atoms with van der Waals surface area (Å²) in [6, 6.07) is 13.4. The lowest BCUT2D eigenvalue weighted by molar-refractivity contribution is -0.118. The van der Waals surface area contributed by atoms with Gasteiger partial charge in [0.2, 0.25) is 0 Å². The molecule has 8 heteroatoms. The van der Waals surface area contributed by atoms with Crippen LogP contribution in [-0.4, -0.2) is 40.6 Å². The first-order chi connectivity index (χ1) is 14.1. The molecular formula is C21H24N4O3S. The lowest BCUT2D eigenvalue weighted by Gasteiger charge is -2.11. The Morgan fingerprint density at radius 1 is 1.17 bits per heavy atom. The van der Waals surface area contributed by atoms with Crippen molar-refractivity contribution in [3.8, 4) is 11.5 Å². The second-order valence-electron chi connectivity index (χ2n) is 6.10. The summed E-state index contributed by atoms with van der Waals surface area (Å²) in [6.45, 7) is 4.94. The Morgan fingerprint density at radius 2 is 1.93 bits per heavy atom. The van der Waals surface area contributed by atoms with Gasteiger partial charge >= 0.3 is 0 Å². The van der Waals surface area contributed by atoms with E-state index in [-0.39, 0.29) is 11.7 Å². The molecule has 29 heavy (non-hydrogen) atoms. The summed E-state index contributed by atoms with van der Waals surface area (Å²) in [5.41, 5.74) is 5.30. The van der Waals surface area contributed by atoms with E-state index in [4.69, 9.17) is 9.47 Å². The van der Waals surface area contributed by atoms with Crippen molar-refractivity contribution in [1.29, 1.82) is 0 Å². The van der Waals surface area contributed by atoms with Crippen LogP contribution in [0.15, 0.2) is 52.7 Å². The fraction of sp³-hybridized carbons (Fsp3) is 0.286. The molecule has 152 valence electrons. The van der Waals surface area contributed by atoms with Gasteiger partial charge in [0.05, 0.1) is 36.2 Å². The molecule has 1 N–H and O–H groups in total. The number of imidazole rings is 1. The third kappa shape index (κ3) is 5.29.